The van der Waals surface area contributed by atoms with Crippen LogP contribution in [0, 0.1) is 6.92 Å². The van der Waals surface area contributed by atoms with Gasteiger partial charge >= 0.3 is 0 Å². The van der Waals surface area contributed by atoms with E-state index in [2.05, 4.69) is 177 Å². The molecule has 0 N–H and O–H groups in total. The molecule has 4 heteroatoms. The highest BCUT2D eigenvalue weighted by Crippen LogP contribution is 2.39. The highest BCUT2D eigenvalue weighted by molar-refractivity contribution is 6.13. The first kappa shape index (κ1) is 33.2. The smallest absolute Gasteiger partial charge is 0.164 e. The van der Waals surface area contributed by atoms with Crippen LogP contribution in [0.5, 0.6) is 0 Å². The SMILES string of the molecule is Cc1cccc(-c2ccccc2-c2nc(-c3cccc(-c4ccccc4)c3)nc(-c3ccc4c(c3)oc3cccc(-c5ccc(-c6ccccc6)cc5)c34)n2)c1. The van der Waals surface area contributed by atoms with E-state index in [0.717, 1.165) is 72.0 Å². The largest absolute Gasteiger partial charge is 0.456 e. The first-order valence-electron chi connectivity index (χ1n) is 18.8. The van der Waals surface area contributed by atoms with Crippen molar-refractivity contribution in [2.45, 2.75) is 6.92 Å². The Balaban J connectivity index is 1.11. The molecule has 0 unspecified atom stereocenters. The normalized spacial score (nSPS) is 11.3. The number of fused-ring (bicyclic) bond motifs is 3. The zero-order valence-corrected chi connectivity index (χ0v) is 30.7. The summed E-state index contributed by atoms with van der Waals surface area (Å²) in [7, 11) is 0. The number of hydrogen-bond acceptors (Lipinski definition) is 4. The van der Waals surface area contributed by atoms with E-state index in [0.29, 0.717) is 17.5 Å². The maximum Gasteiger partial charge on any atom is 0.164 e. The van der Waals surface area contributed by atoms with Crippen LogP contribution in [-0.4, -0.2) is 15.0 Å². The monoisotopic (exact) mass is 717 g/mol. The molecule has 0 atom stereocenters. The van der Waals surface area contributed by atoms with Crippen molar-refractivity contribution in [3.05, 3.63) is 200 Å². The van der Waals surface area contributed by atoms with Gasteiger partial charge in [-0.05, 0) is 75.7 Å². The second-order valence-electron chi connectivity index (χ2n) is 14.1. The molecule has 0 fully saturated rings. The molecule has 0 aliphatic heterocycles. The van der Waals surface area contributed by atoms with Crippen LogP contribution >= 0.6 is 0 Å². The summed E-state index contributed by atoms with van der Waals surface area (Å²) in [6.45, 7) is 2.11. The lowest BCUT2D eigenvalue weighted by molar-refractivity contribution is 0.669. The zero-order chi connectivity index (χ0) is 37.4. The fourth-order valence-corrected chi connectivity index (χ4v) is 7.64. The van der Waals surface area contributed by atoms with Crippen LogP contribution in [0.1, 0.15) is 5.56 Å². The van der Waals surface area contributed by atoms with Gasteiger partial charge in [0.2, 0.25) is 0 Å². The summed E-state index contributed by atoms with van der Waals surface area (Å²) in [5, 5.41) is 2.13. The second-order valence-corrected chi connectivity index (χ2v) is 14.1. The number of aryl methyl sites for hydroxylation is 1. The molecule has 4 nitrogen and oxygen atoms in total. The number of furan rings is 1. The lowest BCUT2D eigenvalue weighted by Gasteiger charge is -2.13. The molecular formula is C52H35N3O. The van der Waals surface area contributed by atoms with E-state index in [-0.39, 0.29) is 0 Å². The number of benzene rings is 8. The van der Waals surface area contributed by atoms with Gasteiger partial charge < -0.3 is 4.42 Å². The number of nitrogens with zero attached hydrogens (tertiary/aromatic N) is 3. The summed E-state index contributed by atoms with van der Waals surface area (Å²) in [5.74, 6) is 1.79. The molecule has 0 saturated heterocycles. The van der Waals surface area contributed by atoms with Crippen LogP contribution in [0.15, 0.2) is 199 Å². The summed E-state index contributed by atoms with van der Waals surface area (Å²) in [4.78, 5) is 15.5. The van der Waals surface area contributed by atoms with Crippen LogP contribution in [0.4, 0.5) is 0 Å². The maximum atomic E-state index is 6.58. The molecule has 0 aliphatic rings. The average molecular weight is 718 g/mol. The van der Waals surface area contributed by atoms with Crippen molar-refractivity contribution in [3.8, 4) is 78.7 Å². The van der Waals surface area contributed by atoms with Gasteiger partial charge in [-0.15, -0.1) is 0 Å². The number of rotatable bonds is 7. The third kappa shape index (κ3) is 6.23. The van der Waals surface area contributed by atoms with Crippen LogP contribution in [0.3, 0.4) is 0 Å². The van der Waals surface area contributed by atoms with Gasteiger partial charge in [-0.2, -0.15) is 0 Å². The van der Waals surface area contributed by atoms with Gasteiger partial charge in [0.15, 0.2) is 17.5 Å². The zero-order valence-electron chi connectivity index (χ0n) is 30.7. The van der Waals surface area contributed by atoms with Crippen molar-refractivity contribution in [3.63, 3.8) is 0 Å². The molecular weight excluding hydrogens is 683 g/mol. The Bertz CT molecular complexity index is 3020. The van der Waals surface area contributed by atoms with Gasteiger partial charge in [-0.3, -0.25) is 0 Å². The Morgan fingerprint density at radius 1 is 0.321 bits per heavy atom. The van der Waals surface area contributed by atoms with Gasteiger partial charge in [0.1, 0.15) is 11.2 Å². The molecule has 8 aromatic carbocycles. The van der Waals surface area contributed by atoms with E-state index in [1.54, 1.807) is 0 Å². The first-order chi connectivity index (χ1) is 27.6. The molecule has 0 saturated carbocycles. The molecule has 10 aromatic rings. The third-order valence-corrected chi connectivity index (χ3v) is 10.4. The Hall–Kier alpha value is -7.43. The van der Waals surface area contributed by atoms with Crippen molar-refractivity contribution >= 4 is 21.9 Å². The third-order valence-electron chi connectivity index (χ3n) is 10.4. The van der Waals surface area contributed by atoms with Gasteiger partial charge in [0, 0.05) is 27.5 Å². The summed E-state index contributed by atoms with van der Waals surface area (Å²) in [6, 6.07) is 67.5. The van der Waals surface area contributed by atoms with E-state index in [1.807, 2.05) is 24.3 Å². The first-order valence-corrected chi connectivity index (χ1v) is 18.8. The van der Waals surface area contributed by atoms with Crippen molar-refractivity contribution in [1.82, 2.24) is 15.0 Å². The quantitative estimate of drug-likeness (QED) is 0.165. The minimum Gasteiger partial charge on any atom is -0.456 e. The fraction of sp³-hybridized carbons (Fsp3) is 0.0192. The van der Waals surface area contributed by atoms with Crippen molar-refractivity contribution in [2.24, 2.45) is 0 Å². The van der Waals surface area contributed by atoms with E-state index in [4.69, 9.17) is 19.4 Å². The standard InChI is InChI=1S/C52H35N3O/c1-34-13-10-19-40(31-34)43-21-8-9-22-45(43)52-54-50(41-20-11-18-39(32-41)36-16-6-3-7-17-36)53-51(55-52)42-29-30-46-48(33-42)56-47-24-12-23-44(49(46)47)38-27-25-37(26-28-38)35-14-4-2-5-15-35/h2-33H,1H3. The van der Waals surface area contributed by atoms with Crippen LogP contribution in [-0.2, 0) is 0 Å². The Morgan fingerprint density at radius 3 is 1.59 bits per heavy atom. The van der Waals surface area contributed by atoms with Crippen molar-refractivity contribution < 1.29 is 4.42 Å². The molecule has 56 heavy (non-hydrogen) atoms. The fourth-order valence-electron chi connectivity index (χ4n) is 7.64. The predicted molar refractivity (Wildman–Crippen MR) is 230 cm³/mol. The van der Waals surface area contributed by atoms with Crippen molar-refractivity contribution in [2.75, 3.05) is 0 Å². The molecule has 264 valence electrons. The van der Waals surface area contributed by atoms with Crippen molar-refractivity contribution in [1.29, 1.82) is 0 Å². The predicted octanol–water partition coefficient (Wildman–Crippen LogP) is 13.7. The van der Waals surface area contributed by atoms with Crippen LogP contribution in [0.25, 0.3) is 101 Å². The van der Waals surface area contributed by atoms with E-state index < -0.39 is 0 Å². The Morgan fingerprint density at radius 2 is 0.839 bits per heavy atom. The molecule has 2 aromatic heterocycles. The molecule has 0 bridgehead atoms. The summed E-state index contributed by atoms with van der Waals surface area (Å²) in [6.07, 6.45) is 0. The molecule has 0 spiro atoms. The summed E-state index contributed by atoms with van der Waals surface area (Å²) < 4.78 is 6.58. The van der Waals surface area contributed by atoms with Gasteiger partial charge in [0.25, 0.3) is 0 Å². The van der Waals surface area contributed by atoms with E-state index >= 15 is 0 Å². The lowest BCUT2D eigenvalue weighted by atomic mass is 9.96. The number of aromatic nitrogens is 3. The second kappa shape index (κ2) is 14.1. The Kier molecular flexibility index (Phi) is 8.34. The van der Waals surface area contributed by atoms with Gasteiger partial charge in [0.05, 0.1) is 0 Å². The Labute approximate surface area is 325 Å². The molecule has 2 heterocycles. The van der Waals surface area contributed by atoms with Gasteiger partial charge in [-0.1, -0.05) is 175 Å². The molecule has 0 radical (unpaired) electrons. The number of hydrogen-bond donors (Lipinski definition) is 0. The topological polar surface area (TPSA) is 51.8 Å². The minimum absolute atomic E-state index is 0.577. The molecule has 0 aliphatic carbocycles. The maximum absolute atomic E-state index is 6.58. The molecule has 10 rings (SSSR count). The average Bonchev–Trinajstić information content (AvgIpc) is 3.65. The summed E-state index contributed by atoms with van der Waals surface area (Å²) in [5.41, 5.74) is 14.6. The van der Waals surface area contributed by atoms with E-state index in [1.165, 1.54) is 16.7 Å². The lowest BCUT2D eigenvalue weighted by Crippen LogP contribution is -2.01. The molecule has 0 amide bonds. The highest BCUT2D eigenvalue weighted by atomic mass is 16.3. The minimum atomic E-state index is 0.577. The summed E-state index contributed by atoms with van der Waals surface area (Å²) >= 11 is 0. The van der Waals surface area contributed by atoms with E-state index in [9.17, 15) is 0 Å². The highest BCUT2D eigenvalue weighted by Gasteiger charge is 2.19. The van der Waals surface area contributed by atoms with Gasteiger partial charge in [-0.25, -0.2) is 15.0 Å². The van der Waals surface area contributed by atoms with Crippen LogP contribution < -0.4 is 0 Å². The van der Waals surface area contributed by atoms with Crippen LogP contribution in [0.2, 0.25) is 0 Å².